The maximum atomic E-state index is 13.8. The molecule has 0 aliphatic heterocycles. The van der Waals surface area contributed by atoms with Gasteiger partial charge in [-0.1, -0.05) is 0 Å². The number of hydrogen-bond acceptors (Lipinski definition) is 10. The molecule has 36 heavy (non-hydrogen) atoms. The van der Waals surface area contributed by atoms with Gasteiger partial charge in [0, 0.05) is 18.0 Å². The number of Topliss-reactive ketones (excluding diaryl/α,β-unsaturated/α-hetero) is 2. The van der Waals surface area contributed by atoms with E-state index < -0.39 is 58.0 Å². The molecular formula is C25H28N4O7. The summed E-state index contributed by atoms with van der Waals surface area (Å²) in [4.78, 5) is 42.2. The molecule has 4 rings (SSSR count). The van der Waals surface area contributed by atoms with Crippen molar-refractivity contribution in [3.8, 4) is 11.8 Å². The predicted molar refractivity (Wildman–Crippen MR) is 126 cm³/mol. The lowest BCUT2D eigenvalue weighted by atomic mass is 9.57. The predicted octanol–water partition coefficient (Wildman–Crippen LogP) is -0.103. The Balaban J connectivity index is 1.98. The minimum absolute atomic E-state index is 0.0324. The Labute approximate surface area is 207 Å². The lowest BCUT2D eigenvalue weighted by Gasteiger charge is -2.50. The monoisotopic (exact) mass is 496 g/mol. The molecule has 1 aromatic rings. The average Bonchev–Trinajstić information content (AvgIpc) is 2.75. The molecule has 11 nitrogen and oxygen atoms in total. The van der Waals surface area contributed by atoms with Crippen LogP contribution in [0, 0.1) is 23.2 Å². The third-order valence-electron chi connectivity index (χ3n) is 7.40. The number of carbonyl (C=O) groups excluding carboxylic acids is 3. The van der Waals surface area contributed by atoms with E-state index in [1.165, 1.54) is 25.1 Å². The topological polar surface area (TPSA) is 188 Å². The highest BCUT2D eigenvalue weighted by atomic mass is 16.3. The SMILES string of the molecule is CN(C)Cc1cc(O)c2c(c1C#N)C[C@H]1C[C@H]3[C@H](N(C)C)C(=O)C(C(N)=O)=C(O)[C@@]3(O)C(=O)C1=C2O. The van der Waals surface area contributed by atoms with Crippen molar-refractivity contribution in [3.63, 3.8) is 0 Å². The van der Waals surface area contributed by atoms with Crippen LogP contribution in [0.15, 0.2) is 23.0 Å². The Hall–Kier alpha value is -3.72. The van der Waals surface area contributed by atoms with Crippen LogP contribution in [-0.4, -0.2) is 87.5 Å². The molecule has 0 bridgehead atoms. The standard InChI is InChI=1S/C25H28N4O7/c1-28(2)9-11-7-15(30)17-12(13(11)8-26)5-10-6-14-19(29(3)4)21(32)18(24(27)35)23(34)25(14,36)22(33)16(10)20(17)31/h7,10,14,19,30-31,34,36H,5-6,9H2,1-4H3,(H2,27,35)/t10-,14-,19-,25-/m0/s1. The van der Waals surface area contributed by atoms with Crippen molar-refractivity contribution in [2.75, 3.05) is 28.2 Å². The zero-order chi connectivity index (χ0) is 26.9. The Morgan fingerprint density at radius 3 is 2.39 bits per heavy atom. The lowest BCUT2D eigenvalue weighted by molar-refractivity contribution is -0.153. The van der Waals surface area contributed by atoms with Crippen LogP contribution in [0.4, 0.5) is 0 Å². The molecule has 11 heteroatoms. The summed E-state index contributed by atoms with van der Waals surface area (Å²) in [6.07, 6.45) is 0.0432. The van der Waals surface area contributed by atoms with Crippen LogP contribution in [0.3, 0.4) is 0 Å². The van der Waals surface area contributed by atoms with Crippen molar-refractivity contribution in [2.24, 2.45) is 17.6 Å². The first kappa shape index (κ1) is 25.4. The van der Waals surface area contributed by atoms with E-state index in [4.69, 9.17) is 5.73 Å². The third-order valence-corrected chi connectivity index (χ3v) is 7.40. The number of carbonyl (C=O) groups is 3. The van der Waals surface area contributed by atoms with Crippen molar-refractivity contribution >= 4 is 23.2 Å². The molecule has 1 saturated carbocycles. The Morgan fingerprint density at radius 2 is 1.86 bits per heavy atom. The van der Waals surface area contributed by atoms with E-state index in [9.17, 15) is 40.1 Å². The molecule has 190 valence electrons. The van der Waals surface area contributed by atoms with Gasteiger partial charge in [-0.3, -0.25) is 19.3 Å². The number of benzene rings is 1. The summed E-state index contributed by atoms with van der Waals surface area (Å²) >= 11 is 0. The Morgan fingerprint density at radius 1 is 1.22 bits per heavy atom. The second-order valence-electron chi connectivity index (χ2n) is 10.1. The second kappa shape index (κ2) is 8.44. The zero-order valence-electron chi connectivity index (χ0n) is 20.4. The number of ketones is 2. The van der Waals surface area contributed by atoms with Gasteiger partial charge in [0.2, 0.25) is 5.78 Å². The second-order valence-corrected chi connectivity index (χ2v) is 10.1. The summed E-state index contributed by atoms with van der Waals surface area (Å²) in [5.74, 6) is -7.17. The van der Waals surface area contributed by atoms with Crippen LogP contribution in [0.2, 0.25) is 0 Å². The minimum atomic E-state index is -2.69. The van der Waals surface area contributed by atoms with Crippen LogP contribution in [0.1, 0.15) is 28.7 Å². The maximum absolute atomic E-state index is 13.8. The van der Waals surface area contributed by atoms with Gasteiger partial charge >= 0.3 is 0 Å². The van der Waals surface area contributed by atoms with Crippen LogP contribution in [-0.2, 0) is 27.3 Å². The first-order valence-corrected chi connectivity index (χ1v) is 11.3. The molecule has 0 saturated heterocycles. The van der Waals surface area contributed by atoms with Gasteiger partial charge < -0.3 is 31.1 Å². The van der Waals surface area contributed by atoms with Crippen molar-refractivity contribution in [1.29, 1.82) is 5.26 Å². The van der Waals surface area contributed by atoms with Crippen molar-refractivity contribution in [1.82, 2.24) is 9.80 Å². The van der Waals surface area contributed by atoms with E-state index >= 15 is 0 Å². The summed E-state index contributed by atoms with van der Waals surface area (Å²) in [5.41, 5.74) is 2.58. The summed E-state index contributed by atoms with van der Waals surface area (Å²) in [6.45, 7) is 0.346. The number of phenolic OH excluding ortho intramolecular Hbond substituents is 1. The van der Waals surface area contributed by atoms with E-state index in [2.05, 4.69) is 6.07 Å². The number of nitriles is 1. The van der Waals surface area contributed by atoms with Crippen molar-refractivity contribution < 1.29 is 34.8 Å². The number of nitrogens with two attached hydrogens (primary N) is 1. The van der Waals surface area contributed by atoms with Gasteiger partial charge in [0.25, 0.3) is 5.91 Å². The Bertz CT molecular complexity index is 1320. The minimum Gasteiger partial charge on any atom is -0.508 e. The van der Waals surface area contributed by atoms with E-state index in [-0.39, 0.29) is 35.3 Å². The quantitative estimate of drug-likeness (QED) is 0.352. The zero-order valence-corrected chi connectivity index (χ0v) is 20.4. The number of aliphatic hydroxyl groups excluding tert-OH is 2. The van der Waals surface area contributed by atoms with Crippen LogP contribution >= 0.6 is 0 Å². The number of rotatable bonds is 4. The number of amides is 1. The lowest BCUT2D eigenvalue weighted by Crippen LogP contribution is -2.65. The number of aliphatic hydroxyl groups is 3. The van der Waals surface area contributed by atoms with E-state index in [1.807, 2.05) is 4.90 Å². The molecular weight excluding hydrogens is 468 g/mol. The first-order valence-electron chi connectivity index (χ1n) is 11.3. The normalized spacial score (nSPS) is 27.7. The number of nitrogens with zero attached hydrogens (tertiary/aromatic N) is 3. The summed E-state index contributed by atoms with van der Waals surface area (Å²) < 4.78 is 0. The van der Waals surface area contributed by atoms with Gasteiger partial charge in [0.1, 0.15) is 22.8 Å². The molecule has 0 radical (unpaired) electrons. The number of likely N-dealkylation sites (N-methyl/N-ethyl adjacent to an activating group) is 1. The number of aromatic hydroxyl groups is 1. The molecule has 6 N–H and O–H groups in total. The first-order chi connectivity index (χ1) is 16.8. The summed E-state index contributed by atoms with van der Waals surface area (Å²) in [6, 6.07) is 2.33. The van der Waals surface area contributed by atoms with Crippen molar-refractivity contribution in [2.45, 2.75) is 31.0 Å². The van der Waals surface area contributed by atoms with Gasteiger partial charge in [-0.05, 0) is 64.1 Å². The Kier molecular flexibility index (Phi) is 5.95. The summed E-state index contributed by atoms with van der Waals surface area (Å²) in [5, 5.41) is 54.3. The average molecular weight is 497 g/mol. The largest absolute Gasteiger partial charge is 0.508 e. The smallest absolute Gasteiger partial charge is 0.255 e. The number of primary amides is 1. The molecule has 1 aromatic carbocycles. The molecule has 3 aliphatic rings. The molecule has 0 spiro atoms. The highest BCUT2D eigenvalue weighted by Gasteiger charge is 2.64. The highest BCUT2D eigenvalue weighted by Crippen LogP contribution is 2.53. The van der Waals surface area contributed by atoms with Gasteiger partial charge in [0.15, 0.2) is 11.4 Å². The van der Waals surface area contributed by atoms with Gasteiger partial charge in [-0.25, -0.2) is 0 Å². The van der Waals surface area contributed by atoms with Crippen LogP contribution < -0.4 is 5.73 Å². The van der Waals surface area contributed by atoms with Crippen molar-refractivity contribution in [3.05, 3.63) is 45.2 Å². The molecule has 3 aliphatic carbocycles. The fourth-order valence-electron chi connectivity index (χ4n) is 5.99. The van der Waals surface area contributed by atoms with E-state index in [0.29, 0.717) is 17.7 Å². The molecule has 0 aromatic heterocycles. The number of fused-ring (bicyclic) bond motifs is 3. The summed E-state index contributed by atoms with van der Waals surface area (Å²) in [7, 11) is 6.67. The fourth-order valence-corrected chi connectivity index (χ4v) is 5.99. The maximum Gasteiger partial charge on any atom is 0.255 e. The number of hydrogen-bond donors (Lipinski definition) is 5. The fraction of sp³-hybridized carbons (Fsp3) is 0.440. The van der Waals surface area contributed by atoms with E-state index in [0.717, 1.165) is 0 Å². The highest BCUT2D eigenvalue weighted by molar-refractivity contribution is 6.24. The van der Waals surface area contributed by atoms with Crippen LogP contribution in [0.5, 0.6) is 5.75 Å². The molecule has 0 heterocycles. The van der Waals surface area contributed by atoms with Crippen LogP contribution in [0.25, 0.3) is 5.76 Å². The molecule has 4 atom stereocenters. The van der Waals surface area contributed by atoms with Gasteiger partial charge in [-0.15, -0.1) is 0 Å². The van der Waals surface area contributed by atoms with Gasteiger partial charge in [-0.2, -0.15) is 5.26 Å². The molecule has 0 unspecified atom stereocenters. The number of phenols is 1. The molecule has 1 amide bonds. The third kappa shape index (κ3) is 3.33. The molecule has 1 fully saturated rings. The van der Waals surface area contributed by atoms with Gasteiger partial charge in [0.05, 0.1) is 23.2 Å². The van der Waals surface area contributed by atoms with E-state index in [1.54, 1.807) is 14.1 Å².